The van der Waals surface area contributed by atoms with Gasteiger partial charge in [0.1, 0.15) is 0 Å². The van der Waals surface area contributed by atoms with Crippen LogP contribution in [0.3, 0.4) is 0 Å². The van der Waals surface area contributed by atoms with Crippen LogP contribution in [0.4, 0.5) is 0 Å². The molecule has 0 bridgehead atoms. The molecule has 0 unspecified atom stereocenters. The molecule has 1 aromatic heterocycles. The Kier molecular flexibility index (Phi) is 3.78. The van der Waals surface area contributed by atoms with Crippen LogP contribution in [0.15, 0.2) is 12.3 Å². The van der Waals surface area contributed by atoms with E-state index in [0.717, 1.165) is 38.2 Å². The van der Waals surface area contributed by atoms with Crippen molar-refractivity contribution in [2.45, 2.75) is 26.2 Å². The number of amides is 1. The number of nitrogens with one attached hydrogen (secondary N) is 3. The van der Waals surface area contributed by atoms with E-state index >= 15 is 0 Å². The molecule has 17 heavy (non-hydrogen) atoms. The van der Waals surface area contributed by atoms with Crippen LogP contribution in [0.1, 0.15) is 25.5 Å². The van der Waals surface area contributed by atoms with Gasteiger partial charge in [-0.25, -0.2) is 0 Å². The first kappa shape index (κ1) is 12.1. The van der Waals surface area contributed by atoms with Crippen LogP contribution in [0, 0.1) is 5.41 Å². The molecule has 1 amide bonds. The van der Waals surface area contributed by atoms with E-state index in [9.17, 15) is 4.79 Å². The second-order valence-corrected chi connectivity index (χ2v) is 5.10. The fraction of sp³-hybridized carbons (Fsp3) is 0.667. The van der Waals surface area contributed by atoms with Crippen LogP contribution in [-0.4, -0.2) is 35.7 Å². The van der Waals surface area contributed by atoms with E-state index in [4.69, 9.17) is 0 Å². The molecule has 5 nitrogen and oxygen atoms in total. The molecule has 1 fully saturated rings. The molecule has 94 valence electrons. The van der Waals surface area contributed by atoms with Gasteiger partial charge in [0.2, 0.25) is 5.91 Å². The van der Waals surface area contributed by atoms with Crippen LogP contribution in [0.5, 0.6) is 0 Å². The maximum atomic E-state index is 11.7. The lowest BCUT2D eigenvalue weighted by atomic mass is 9.81. The van der Waals surface area contributed by atoms with Crippen LogP contribution in [0.2, 0.25) is 0 Å². The summed E-state index contributed by atoms with van der Waals surface area (Å²) in [7, 11) is 0. The average Bonchev–Trinajstić information content (AvgIpc) is 2.80. The summed E-state index contributed by atoms with van der Waals surface area (Å²) in [6, 6.07) is 1.83. The van der Waals surface area contributed by atoms with Gasteiger partial charge < -0.3 is 10.6 Å². The van der Waals surface area contributed by atoms with Crippen molar-refractivity contribution in [3.63, 3.8) is 0 Å². The molecule has 0 aromatic carbocycles. The molecule has 1 aliphatic rings. The van der Waals surface area contributed by atoms with Crippen molar-refractivity contribution < 1.29 is 4.79 Å². The molecule has 1 saturated heterocycles. The van der Waals surface area contributed by atoms with Crippen molar-refractivity contribution in [1.29, 1.82) is 0 Å². The van der Waals surface area contributed by atoms with Crippen LogP contribution in [0.25, 0.3) is 0 Å². The highest BCUT2D eigenvalue weighted by atomic mass is 16.1. The molecule has 1 aliphatic heterocycles. The first-order chi connectivity index (χ1) is 8.18. The molecule has 1 aromatic rings. The molecular weight excluding hydrogens is 216 g/mol. The zero-order chi connectivity index (χ0) is 12.1. The number of H-pyrrole nitrogens is 1. The molecule has 0 saturated carbocycles. The van der Waals surface area contributed by atoms with Gasteiger partial charge in [-0.2, -0.15) is 5.10 Å². The lowest BCUT2D eigenvalue weighted by Crippen LogP contribution is -2.43. The summed E-state index contributed by atoms with van der Waals surface area (Å²) >= 11 is 0. The minimum absolute atomic E-state index is 0.0639. The van der Waals surface area contributed by atoms with Gasteiger partial charge in [0.15, 0.2) is 0 Å². The number of aromatic nitrogens is 2. The number of hydrogen-bond donors (Lipinski definition) is 3. The summed E-state index contributed by atoms with van der Waals surface area (Å²) in [5, 5.41) is 13.0. The third-order valence-corrected chi connectivity index (χ3v) is 3.43. The largest absolute Gasteiger partial charge is 0.355 e. The van der Waals surface area contributed by atoms with E-state index in [1.165, 1.54) is 0 Å². The maximum Gasteiger partial charge on any atom is 0.226 e. The van der Waals surface area contributed by atoms with E-state index in [0.29, 0.717) is 6.42 Å². The highest BCUT2D eigenvalue weighted by molar-refractivity contribution is 5.78. The number of hydrogen-bond acceptors (Lipinski definition) is 3. The lowest BCUT2D eigenvalue weighted by Gasteiger charge is -2.34. The van der Waals surface area contributed by atoms with E-state index in [1.807, 2.05) is 6.07 Å². The third kappa shape index (κ3) is 3.56. The van der Waals surface area contributed by atoms with Crippen molar-refractivity contribution in [2.75, 3.05) is 19.6 Å². The first-order valence-electron chi connectivity index (χ1n) is 6.14. The van der Waals surface area contributed by atoms with Gasteiger partial charge >= 0.3 is 0 Å². The van der Waals surface area contributed by atoms with Gasteiger partial charge in [-0.3, -0.25) is 9.89 Å². The predicted molar refractivity (Wildman–Crippen MR) is 65.5 cm³/mol. The van der Waals surface area contributed by atoms with Crippen LogP contribution in [-0.2, 0) is 11.2 Å². The van der Waals surface area contributed by atoms with Crippen LogP contribution < -0.4 is 10.6 Å². The SMILES string of the molecule is CC1(CNC(=O)Cc2ccn[nH]2)CCNCC1. The van der Waals surface area contributed by atoms with Crippen LogP contribution >= 0.6 is 0 Å². The van der Waals surface area contributed by atoms with Gasteiger partial charge in [-0.05, 0) is 37.4 Å². The maximum absolute atomic E-state index is 11.7. The Morgan fingerprint density at radius 3 is 2.94 bits per heavy atom. The number of aromatic amines is 1. The lowest BCUT2D eigenvalue weighted by molar-refractivity contribution is -0.121. The molecule has 0 spiro atoms. The molecule has 2 rings (SSSR count). The van der Waals surface area contributed by atoms with Gasteiger partial charge in [-0.1, -0.05) is 6.92 Å². The summed E-state index contributed by atoms with van der Waals surface area (Å²) in [6.45, 7) is 5.10. The third-order valence-electron chi connectivity index (χ3n) is 3.43. The molecule has 0 atom stereocenters. The Morgan fingerprint density at radius 1 is 1.53 bits per heavy atom. The van der Waals surface area contributed by atoms with E-state index in [-0.39, 0.29) is 11.3 Å². The van der Waals surface area contributed by atoms with E-state index < -0.39 is 0 Å². The van der Waals surface area contributed by atoms with E-state index in [1.54, 1.807) is 6.20 Å². The Bertz CT molecular complexity index is 355. The van der Waals surface area contributed by atoms with Gasteiger partial charge in [0.05, 0.1) is 6.42 Å². The van der Waals surface area contributed by atoms with Gasteiger partial charge in [0, 0.05) is 18.4 Å². The minimum Gasteiger partial charge on any atom is -0.355 e. The normalized spacial score (nSPS) is 18.9. The fourth-order valence-corrected chi connectivity index (χ4v) is 2.14. The van der Waals surface area contributed by atoms with Crippen molar-refractivity contribution in [1.82, 2.24) is 20.8 Å². The summed E-state index contributed by atoms with van der Waals surface area (Å²) in [4.78, 5) is 11.7. The topological polar surface area (TPSA) is 69.8 Å². The molecule has 0 aliphatic carbocycles. The number of nitrogens with zero attached hydrogens (tertiary/aromatic N) is 1. The Hall–Kier alpha value is -1.36. The summed E-state index contributed by atoms with van der Waals surface area (Å²) in [5.74, 6) is 0.0639. The molecule has 3 N–H and O–H groups in total. The molecule has 5 heteroatoms. The fourth-order valence-electron chi connectivity index (χ4n) is 2.14. The summed E-state index contributed by atoms with van der Waals surface area (Å²) in [5.41, 5.74) is 1.10. The van der Waals surface area contributed by atoms with Crippen molar-refractivity contribution in [2.24, 2.45) is 5.41 Å². The second kappa shape index (κ2) is 5.31. The van der Waals surface area contributed by atoms with Crippen molar-refractivity contribution in [3.8, 4) is 0 Å². The number of carbonyl (C=O) groups is 1. The zero-order valence-corrected chi connectivity index (χ0v) is 10.3. The molecule has 0 radical (unpaired) electrons. The van der Waals surface area contributed by atoms with E-state index in [2.05, 4.69) is 27.8 Å². The standard InChI is InChI=1S/C12H20N4O/c1-12(3-6-13-7-4-12)9-14-11(17)8-10-2-5-15-16-10/h2,5,13H,3-4,6-9H2,1H3,(H,14,17)(H,15,16). The van der Waals surface area contributed by atoms with Crippen molar-refractivity contribution in [3.05, 3.63) is 18.0 Å². The predicted octanol–water partition coefficient (Wildman–Crippen LogP) is 0.458. The summed E-state index contributed by atoms with van der Waals surface area (Å²) < 4.78 is 0. The van der Waals surface area contributed by atoms with Gasteiger partial charge in [0.25, 0.3) is 0 Å². The second-order valence-electron chi connectivity index (χ2n) is 5.10. The highest BCUT2D eigenvalue weighted by Gasteiger charge is 2.26. The quantitative estimate of drug-likeness (QED) is 0.711. The Balaban J connectivity index is 1.75. The highest BCUT2D eigenvalue weighted by Crippen LogP contribution is 2.26. The zero-order valence-electron chi connectivity index (χ0n) is 10.3. The van der Waals surface area contributed by atoms with Gasteiger partial charge in [-0.15, -0.1) is 0 Å². The number of rotatable bonds is 4. The number of piperidine rings is 1. The average molecular weight is 236 g/mol. The first-order valence-corrected chi connectivity index (χ1v) is 6.14. The number of carbonyl (C=O) groups excluding carboxylic acids is 1. The Labute approximate surface area is 101 Å². The summed E-state index contributed by atoms with van der Waals surface area (Å²) in [6.07, 6.45) is 4.29. The van der Waals surface area contributed by atoms with Crippen molar-refractivity contribution >= 4 is 5.91 Å². The molecule has 2 heterocycles. The monoisotopic (exact) mass is 236 g/mol. The minimum atomic E-state index is 0.0639. The smallest absolute Gasteiger partial charge is 0.226 e. The Morgan fingerprint density at radius 2 is 2.29 bits per heavy atom. The molecular formula is C12H20N4O.